The number of hydrogen-bond donors (Lipinski definition) is 2. The van der Waals surface area contributed by atoms with Gasteiger partial charge in [0.05, 0.1) is 13.0 Å². The summed E-state index contributed by atoms with van der Waals surface area (Å²) in [6, 6.07) is 14.4. The summed E-state index contributed by atoms with van der Waals surface area (Å²) >= 11 is 0. The summed E-state index contributed by atoms with van der Waals surface area (Å²) in [6.07, 6.45) is 12.8. The van der Waals surface area contributed by atoms with Crippen molar-refractivity contribution in [3.8, 4) is 0 Å². The molecule has 39 heavy (non-hydrogen) atoms. The van der Waals surface area contributed by atoms with Gasteiger partial charge in [0.15, 0.2) is 6.29 Å². The van der Waals surface area contributed by atoms with Crippen LogP contribution in [0.3, 0.4) is 0 Å². The minimum Gasteiger partial charge on any atom is -0.463 e. The van der Waals surface area contributed by atoms with E-state index < -0.39 is 6.10 Å². The van der Waals surface area contributed by atoms with Gasteiger partial charge in [-0.2, -0.15) is 0 Å². The fourth-order valence-corrected chi connectivity index (χ4v) is 4.88. The highest BCUT2D eigenvalue weighted by Crippen LogP contribution is 2.17. The van der Waals surface area contributed by atoms with E-state index in [1.807, 2.05) is 18.2 Å². The molecule has 0 spiro atoms. The van der Waals surface area contributed by atoms with Gasteiger partial charge in [0, 0.05) is 19.6 Å². The van der Waals surface area contributed by atoms with E-state index in [2.05, 4.69) is 29.6 Å². The summed E-state index contributed by atoms with van der Waals surface area (Å²) in [4.78, 5) is 24.2. The number of carbonyl (C=O) groups excluding carboxylic acids is 2. The topological polar surface area (TPSA) is 94.1 Å². The van der Waals surface area contributed by atoms with Crippen LogP contribution in [0.5, 0.6) is 0 Å². The molecule has 2 aromatic carbocycles. The molecule has 7 heteroatoms. The quantitative estimate of drug-likeness (QED) is 0.171. The number of benzene rings is 2. The Morgan fingerprint density at radius 3 is 2.36 bits per heavy atom. The van der Waals surface area contributed by atoms with Crippen molar-refractivity contribution in [2.75, 3.05) is 26.4 Å². The van der Waals surface area contributed by atoms with Crippen molar-refractivity contribution in [3.05, 3.63) is 48.0 Å². The van der Waals surface area contributed by atoms with Crippen LogP contribution in [0.25, 0.3) is 10.8 Å². The first-order valence-electron chi connectivity index (χ1n) is 14.9. The summed E-state index contributed by atoms with van der Waals surface area (Å²) in [5.74, 6) is -0.143. The molecule has 1 amide bonds. The van der Waals surface area contributed by atoms with Crippen LogP contribution in [-0.2, 0) is 30.2 Å². The fraction of sp³-hybridized carbons (Fsp3) is 0.625. The standard InChI is InChI=1S/C32H47NO6/c34-24-29(39-32-17-11-13-21-37-32)25-38-31(36)16-8-6-4-2-1-3-5-7-12-20-33-30(35)23-26-18-19-27-14-9-10-15-28(27)22-26/h9-10,14-15,18-19,22,29,32,34H,1-8,11-13,16-17,20-21,23-25H2,(H,33,35)/t29-,32?/m1/s1. The van der Waals surface area contributed by atoms with E-state index in [-0.39, 0.29) is 31.4 Å². The second kappa shape index (κ2) is 18.7. The maximum atomic E-state index is 12.2. The smallest absolute Gasteiger partial charge is 0.305 e. The molecule has 1 aliphatic rings. The normalized spacial score (nSPS) is 16.2. The lowest BCUT2D eigenvalue weighted by atomic mass is 10.0. The number of unbranched alkanes of at least 4 members (excludes halogenated alkanes) is 8. The molecule has 2 aromatic rings. The van der Waals surface area contributed by atoms with Crippen LogP contribution in [0.2, 0.25) is 0 Å². The van der Waals surface area contributed by atoms with E-state index in [0.29, 0.717) is 19.4 Å². The molecule has 3 rings (SSSR count). The molecule has 0 saturated carbocycles. The highest BCUT2D eigenvalue weighted by atomic mass is 16.7. The molecular weight excluding hydrogens is 494 g/mol. The Balaban J connectivity index is 1.09. The van der Waals surface area contributed by atoms with Crippen molar-refractivity contribution in [2.45, 2.75) is 102 Å². The minimum atomic E-state index is -0.524. The van der Waals surface area contributed by atoms with Gasteiger partial charge < -0.3 is 24.6 Å². The molecule has 1 aliphatic heterocycles. The Hall–Kier alpha value is -2.48. The third-order valence-corrected chi connectivity index (χ3v) is 7.17. The number of aliphatic hydroxyl groups excluding tert-OH is 1. The van der Waals surface area contributed by atoms with Gasteiger partial charge in [0.2, 0.25) is 5.91 Å². The lowest BCUT2D eigenvalue weighted by Gasteiger charge is -2.26. The monoisotopic (exact) mass is 541 g/mol. The van der Waals surface area contributed by atoms with E-state index >= 15 is 0 Å². The van der Waals surface area contributed by atoms with Crippen LogP contribution >= 0.6 is 0 Å². The Bertz CT molecular complexity index is 974. The molecule has 216 valence electrons. The number of hydrogen-bond acceptors (Lipinski definition) is 6. The number of nitrogens with one attached hydrogen (secondary N) is 1. The van der Waals surface area contributed by atoms with Crippen LogP contribution in [0.15, 0.2) is 42.5 Å². The van der Waals surface area contributed by atoms with Crippen LogP contribution < -0.4 is 5.32 Å². The molecule has 0 aromatic heterocycles. The SMILES string of the molecule is O=C(Cc1ccc2ccccc2c1)NCCCCCCCCCCCC(=O)OC[C@@H](CO)OC1CCCCO1. The van der Waals surface area contributed by atoms with Crippen molar-refractivity contribution >= 4 is 22.6 Å². The largest absolute Gasteiger partial charge is 0.463 e. The molecule has 0 bridgehead atoms. The Morgan fingerprint density at radius 2 is 1.64 bits per heavy atom. The predicted molar refractivity (Wildman–Crippen MR) is 153 cm³/mol. The van der Waals surface area contributed by atoms with Crippen molar-refractivity contribution < 1.29 is 28.9 Å². The average molecular weight is 542 g/mol. The maximum Gasteiger partial charge on any atom is 0.305 e. The molecule has 1 unspecified atom stereocenters. The van der Waals surface area contributed by atoms with Crippen molar-refractivity contribution in [1.82, 2.24) is 5.32 Å². The molecule has 1 heterocycles. The first kappa shape index (κ1) is 31.1. The summed E-state index contributed by atoms with van der Waals surface area (Å²) in [5.41, 5.74) is 1.05. The third-order valence-electron chi connectivity index (χ3n) is 7.17. The van der Waals surface area contributed by atoms with Gasteiger partial charge in [0.25, 0.3) is 0 Å². The summed E-state index contributed by atoms with van der Waals surface area (Å²) in [7, 11) is 0. The molecule has 0 aliphatic carbocycles. The van der Waals surface area contributed by atoms with Crippen molar-refractivity contribution in [2.24, 2.45) is 0 Å². The highest BCUT2D eigenvalue weighted by molar-refractivity contribution is 5.85. The Kier molecular flexibility index (Phi) is 14.9. The molecule has 7 nitrogen and oxygen atoms in total. The van der Waals surface area contributed by atoms with E-state index in [1.165, 1.54) is 36.5 Å². The average Bonchev–Trinajstić information content (AvgIpc) is 2.96. The molecular formula is C32H47NO6. The number of rotatable bonds is 19. The third kappa shape index (κ3) is 12.9. The summed E-state index contributed by atoms with van der Waals surface area (Å²) < 4.78 is 16.5. The second-order valence-electron chi connectivity index (χ2n) is 10.6. The second-order valence-corrected chi connectivity index (χ2v) is 10.6. The van der Waals surface area contributed by atoms with Crippen LogP contribution in [-0.4, -0.2) is 55.7 Å². The first-order chi connectivity index (χ1) is 19.1. The van der Waals surface area contributed by atoms with Crippen LogP contribution in [0, 0.1) is 0 Å². The number of fused-ring (bicyclic) bond motifs is 1. The lowest BCUT2D eigenvalue weighted by molar-refractivity contribution is -0.205. The summed E-state index contributed by atoms with van der Waals surface area (Å²) in [5, 5.41) is 14.9. The maximum absolute atomic E-state index is 12.2. The van der Waals surface area contributed by atoms with E-state index in [9.17, 15) is 14.7 Å². The van der Waals surface area contributed by atoms with Crippen LogP contribution in [0.4, 0.5) is 0 Å². The zero-order valence-electron chi connectivity index (χ0n) is 23.4. The number of carbonyl (C=O) groups is 2. The molecule has 2 N–H and O–H groups in total. The fourth-order valence-electron chi connectivity index (χ4n) is 4.88. The van der Waals surface area contributed by atoms with Gasteiger partial charge in [-0.05, 0) is 48.4 Å². The highest BCUT2D eigenvalue weighted by Gasteiger charge is 2.20. The van der Waals surface area contributed by atoms with Gasteiger partial charge >= 0.3 is 5.97 Å². The van der Waals surface area contributed by atoms with Crippen molar-refractivity contribution in [1.29, 1.82) is 0 Å². The predicted octanol–water partition coefficient (Wildman–Crippen LogP) is 5.85. The number of esters is 1. The van der Waals surface area contributed by atoms with E-state index in [4.69, 9.17) is 14.2 Å². The zero-order chi connectivity index (χ0) is 27.5. The van der Waals surface area contributed by atoms with E-state index in [0.717, 1.165) is 63.5 Å². The van der Waals surface area contributed by atoms with E-state index in [1.54, 1.807) is 0 Å². The van der Waals surface area contributed by atoms with Gasteiger partial charge in [0.1, 0.15) is 12.7 Å². The van der Waals surface area contributed by atoms with Gasteiger partial charge in [-0.15, -0.1) is 0 Å². The Morgan fingerprint density at radius 1 is 0.923 bits per heavy atom. The number of aliphatic hydroxyl groups is 1. The molecule has 0 radical (unpaired) electrons. The van der Waals surface area contributed by atoms with Gasteiger partial charge in [-0.3, -0.25) is 9.59 Å². The van der Waals surface area contributed by atoms with Gasteiger partial charge in [-0.25, -0.2) is 0 Å². The summed E-state index contributed by atoms with van der Waals surface area (Å²) in [6.45, 7) is 1.30. The minimum absolute atomic E-state index is 0.0727. The van der Waals surface area contributed by atoms with Gasteiger partial charge in [-0.1, -0.05) is 87.4 Å². The Labute approximate surface area is 233 Å². The molecule has 1 saturated heterocycles. The zero-order valence-corrected chi connectivity index (χ0v) is 23.4. The molecule has 2 atom stereocenters. The first-order valence-corrected chi connectivity index (χ1v) is 14.9. The lowest BCUT2D eigenvalue weighted by Crippen LogP contribution is -2.33. The van der Waals surface area contributed by atoms with Crippen LogP contribution in [0.1, 0.15) is 89.0 Å². The number of amides is 1. The number of ether oxygens (including phenoxy) is 3. The van der Waals surface area contributed by atoms with Crippen molar-refractivity contribution in [3.63, 3.8) is 0 Å². The molecule has 1 fully saturated rings.